The highest BCUT2D eigenvalue weighted by Gasteiger charge is 2.12. The van der Waals surface area contributed by atoms with Gasteiger partial charge in [0.05, 0.1) is 0 Å². The summed E-state index contributed by atoms with van der Waals surface area (Å²) < 4.78 is 0. The van der Waals surface area contributed by atoms with Crippen molar-refractivity contribution in [3.05, 3.63) is 96.1 Å². The van der Waals surface area contributed by atoms with Crippen LogP contribution in [0.3, 0.4) is 0 Å². The Hall–Kier alpha value is -3.32. The van der Waals surface area contributed by atoms with Crippen molar-refractivity contribution in [2.75, 3.05) is 0 Å². The Balaban J connectivity index is 1.80. The van der Waals surface area contributed by atoms with E-state index in [1.165, 1.54) is 55.2 Å². The van der Waals surface area contributed by atoms with E-state index in [4.69, 9.17) is 0 Å². The number of hydrogen-bond donors (Lipinski definition) is 1. The molecule has 4 aromatic carbocycles. The topological polar surface area (TPSA) is 15.8 Å². The number of aryl methyl sites for hydroxylation is 2. The number of benzene rings is 4. The molecule has 1 nitrogen and oxygen atoms in total. The van der Waals surface area contributed by atoms with Crippen LogP contribution < -0.4 is 0 Å². The minimum atomic E-state index is 1.20. The molecule has 0 saturated carbocycles. The first-order chi connectivity index (χ1) is 13.2. The first-order valence-corrected chi connectivity index (χ1v) is 9.38. The van der Waals surface area contributed by atoms with Crippen molar-refractivity contribution in [2.45, 2.75) is 13.8 Å². The second-order valence-electron chi connectivity index (χ2n) is 7.28. The first kappa shape index (κ1) is 15.9. The summed E-state index contributed by atoms with van der Waals surface area (Å²) in [4.78, 5) is 3.62. The number of fused-ring (bicyclic) bond motifs is 3. The van der Waals surface area contributed by atoms with Gasteiger partial charge in [-0.15, -0.1) is 0 Å². The van der Waals surface area contributed by atoms with Gasteiger partial charge in [0.2, 0.25) is 0 Å². The second kappa shape index (κ2) is 6.14. The Morgan fingerprint density at radius 2 is 0.926 bits per heavy atom. The number of aromatic nitrogens is 1. The summed E-state index contributed by atoms with van der Waals surface area (Å²) in [6.07, 6.45) is 0. The lowest BCUT2D eigenvalue weighted by atomic mass is 9.95. The lowest BCUT2D eigenvalue weighted by molar-refractivity contribution is 1.44. The molecule has 5 aromatic rings. The van der Waals surface area contributed by atoms with Gasteiger partial charge in [-0.2, -0.15) is 0 Å². The summed E-state index contributed by atoms with van der Waals surface area (Å²) >= 11 is 0. The third-order valence-electron chi connectivity index (χ3n) is 5.46. The first-order valence-electron chi connectivity index (χ1n) is 9.38. The molecule has 130 valence electrons. The highest BCUT2D eigenvalue weighted by molar-refractivity contribution is 6.10. The minimum Gasteiger partial charge on any atom is -0.354 e. The smallest absolute Gasteiger partial charge is 0.0467 e. The molecule has 0 aliphatic carbocycles. The molecule has 5 rings (SSSR count). The van der Waals surface area contributed by atoms with E-state index >= 15 is 0 Å². The van der Waals surface area contributed by atoms with Crippen molar-refractivity contribution < 1.29 is 0 Å². The largest absolute Gasteiger partial charge is 0.354 e. The van der Waals surface area contributed by atoms with Crippen LogP contribution in [0.5, 0.6) is 0 Å². The van der Waals surface area contributed by atoms with E-state index in [-0.39, 0.29) is 0 Å². The Kier molecular flexibility index (Phi) is 3.61. The van der Waals surface area contributed by atoms with E-state index in [0.29, 0.717) is 0 Å². The van der Waals surface area contributed by atoms with Crippen molar-refractivity contribution in [1.29, 1.82) is 0 Å². The molecule has 0 bridgehead atoms. The lowest BCUT2D eigenvalue weighted by Crippen LogP contribution is -1.84. The number of rotatable bonds is 2. The molecule has 1 aromatic heterocycles. The number of H-pyrrole nitrogens is 1. The molecule has 0 atom stereocenters. The summed E-state index contributed by atoms with van der Waals surface area (Å²) in [6.45, 7) is 4.38. The Bertz CT molecular complexity index is 1160. The average Bonchev–Trinajstić information content (AvgIpc) is 3.03. The van der Waals surface area contributed by atoms with E-state index in [1.807, 2.05) is 0 Å². The summed E-state index contributed by atoms with van der Waals surface area (Å²) in [7, 11) is 0. The molecule has 0 aliphatic rings. The molecule has 0 radical (unpaired) electrons. The normalized spacial score (nSPS) is 11.3. The van der Waals surface area contributed by atoms with Gasteiger partial charge >= 0.3 is 0 Å². The predicted molar refractivity (Wildman–Crippen MR) is 116 cm³/mol. The lowest BCUT2D eigenvalue weighted by Gasteiger charge is -2.08. The zero-order valence-corrected chi connectivity index (χ0v) is 15.6. The molecule has 0 amide bonds. The van der Waals surface area contributed by atoms with Crippen molar-refractivity contribution in [3.8, 4) is 22.3 Å². The van der Waals surface area contributed by atoms with Gasteiger partial charge in [-0.25, -0.2) is 0 Å². The molecule has 0 saturated heterocycles. The van der Waals surface area contributed by atoms with Gasteiger partial charge in [0.15, 0.2) is 0 Å². The van der Waals surface area contributed by atoms with Crippen LogP contribution in [0.2, 0.25) is 0 Å². The zero-order valence-electron chi connectivity index (χ0n) is 15.6. The molecule has 1 heterocycles. The van der Waals surface area contributed by atoms with Crippen LogP contribution in [-0.4, -0.2) is 4.98 Å². The Labute approximate surface area is 159 Å². The number of hydrogen-bond acceptors (Lipinski definition) is 0. The molecular formula is C26H21N. The third kappa shape index (κ3) is 2.63. The van der Waals surface area contributed by atoms with Crippen molar-refractivity contribution in [2.24, 2.45) is 0 Å². The Morgan fingerprint density at radius 1 is 0.519 bits per heavy atom. The van der Waals surface area contributed by atoms with Gasteiger partial charge in [0.25, 0.3) is 0 Å². The maximum Gasteiger partial charge on any atom is 0.0467 e. The predicted octanol–water partition coefficient (Wildman–Crippen LogP) is 7.27. The van der Waals surface area contributed by atoms with Crippen molar-refractivity contribution in [1.82, 2.24) is 4.98 Å². The van der Waals surface area contributed by atoms with Crippen LogP contribution in [0.25, 0.3) is 44.1 Å². The number of nitrogens with one attached hydrogen (secondary N) is 1. The standard InChI is InChI=1S/C26H21N/c1-17-13-25-23(15-21(17)19-9-5-3-6-10-19)24-16-22(18(2)14-26(24)27-25)20-11-7-4-8-12-20/h3-16,27H,1-2H3. The van der Waals surface area contributed by atoms with Crippen LogP contribution in [0.4, 0.5) is 0 Å². The maximum atomic E-state index is 3.62. The molecule has 0 spiro atoms. The van der Waals surface area contributed by atoms with Gasteiger partial charge < -0.3 is 4.98 Å². The fraction of sp³-hybridized carbons (Fsp3) is 0.0769. The monoisotopic (exact) mass is 347 g/mol. The number of aromatic amines is 1. The van der Waals surface area contributed by atoms with E-state index in [2.05, 4.69) is 104 Å². The van der Waals surface area contributed by atoms with E-state index < -0.39 is 0 Å². The average molecular weight is 347 g/mol. The SMILES string of the molecule is Cc1cc2[nH]c3cc(C)c(-c4ccccc4)cc3c2cc1-c1ccccc1. The summed E-state index contributed by atoms with van der Waals surface area (Å²) in [5.41, 5.74) is 10.1. The fourth-order valence-corrected chi connectivity index (χ4v) is 4.07. The minimum absolute atomic E-state index is 1.20. The Morgan fingerprint density at radius 3 is 1.33 bits per heavy atom. The van der Waals surface area contributed by atoms with Crippen LogP contribution in [0.1, 0.15) is 11.1 Å². The molecule has 1 N–H and O–H groups in total. The highest BCUT2D eigenvalue weighted by Crippen LogP contribution is 2.36. The van der Waals surface area contributed by atoms with Crippen molar-refractivity contribution in [3.63, 3.8) is 0 Å². The third-order valence-corrected chi connectivity index (χ3v) is 5.46. The van der Waals surface area contributed by atoms with Crippen molar-refractivity contribution >= 4 is 21.8 Å². The van der Waals surface area contributed by atoms with Gasteiger partial charge in [-0.05, 0) is 71.5 Å². The molecule has 0 unspecified atom stereocenters. The molecular weight excluding hydrogens is 326 g/mol. The highest BCUT2D eigenvalue weighted by atomic mass is 14.7. The van der Waals surface area contributed by atoms with Crippen LogP contribution in [0, 0.1) is 13.8 Å². The maximum absolute atomic E-state index is 3.62. The summed E-state index contributed by atoms with van der Waals surface area (Å²) in [6, 6.07) is 30.5. The molecule has 0 aliphatic heterocycles. The van der Waals surface area contributed by atoms with E-state index in [0.717, 1.165) is 0 Å². The van der Waals surface area contributed by atoms with Gasteiger partial charge in [-0.1, -0.05) is 60.7 Å². The van der Waals surface area contributed by atoms with Gasteiger partial charge in [0.1, 0.15) is 0 Å². The quantitative estimate of drug-likeness (QED) is 0.345. The fourth-order valence-electron chi connectivity index (χ4n) is 4.07. The van der Waals surface area contributed by atoms with Crippen LogP contribution in [-0.2, 0) is 0 Å². The van der Waals surface area contributed by atoms with Gasteiger partial charge in [-0.3, -0.25) is 0 Å². The summed E-state index contributed by atoms with van der Waals surface area (Å²) in [5.74, 6) is 0. The van der Waals surface area contributed by atoms with Crippen LogP contribution in [0.15, 0.2) is 84.9 Å². The molecule has 0 fully saturated rings. The molecule has 27 heavy (non-hydrogen) atoms. The summed E-state index contributed by atoms with van der Waals surface area (Å²) in [5, 5.41) is 2.57. The molecule has 1 heteroatoms. The zero-order chi connectivity index (χ0) is 18.4. The second-order valence-corrected chi connectivity index (χ2v) is 7.28. The van der Waals surface area contributed by atoms with E-state index in [1.54, 1.807) is 0 Å². The van der Waals surface area contributed by atoms with Gasteiger partial charge in [0, 0.05) is 21.8 Å². The van der Waals surface area contributed by atoms with Crippen LogP contribution >= 0.6 is 0 Å². The van der Waals surface area contributed by atoms with E-state index in [9.17, 15) is 0 Å².